The van der Waals surface area contributed by atoms with Crippen LogP contribution in [0, 0.1) is 5.92 Å². The van der Waals surface area contributed by atoms with Crippen LogP contribution < -0.4 is 5.32 Å². The minimum atomic E-state index is -0.992. The van der Waals surface area contributed by atoms with Crippen molar-refractivity contribution in [2.24, 2.45) is 5.92 Å². The summed E-state index contributed by atoms with van der Waals surface area (Å²) >= 11 is 1.12. The molecule has 0 unspecified atom stereocenters. The zero-order chi connectivity index (χ0) is 10.8. The van der Waals surface area contributed by atoms with Gasteiger partial charge in [-0.25, -0.2) is 4.79 Å². The lowest BCUT2D eigenvalue weighted by Crippen LogP contribution is -2.28. The van der Waals surface area contributed by atoms with Crippen LogP contribution in [-0.4, -0.2) is 17.0 Å². The highest BCUT2D eigenvalue weighted by Gasteiger charge is 2.26. The van der Waals surface area contributed by atoms with Crippen molar-refractivity contribution < 1.29 is 14.7 Å². The van der Waals surface area contributed by atoms with Crippen LogP contribution in [0.5, 0.6) is 0 Å². The molecular formula is C10H11NO3S. The van der Waals surface area contributed by atoms with E-state index in [2.05, 4.69) is 5.32 Å². The molecule has 1 aliphatic rings. The van der Waals surface area contributed by atoms with E-state index in [1.165, 1.54) is 0 Å². The van der Waals surface area contributed by atoms with Crippen molar-refractivity contribution in [2.75, 3.05) is 5.32 Å². The number of hydrogen-bond acceptors (Lipinski definition) is 3. The van der Waals surface area contributed by atoms with Crippen molar-refractivity contribution in [1.82, 2.24) is 0 Å². The minimum absolute atomic E-state index is 0.0536. The maximum absolute atomic E-state index is 11.6. The van der Waals surface area contributed by atoms with Crippen LogP contribution in [0.15, 0.2) is 11.4 Å². The Bertz CT molecular complexity index is 395. The quantitative estimate of drug-likeness (QED) is 0.828. The van der Waals surface area contributed by atoms with Gasteiger partial charge in [0.15, 0.2) is 0 Å². The molecule has 2 rings (SSSR count). The Morgan fingerprint density at radius 3 is 2.73 bits per heavy atom. The van der Waals surface area contributed by atoms with Gasteiger partial charge >= 0.3 is 5.97 Å². The number of carboxylic acid groups (broad SMARTS) is 1. The van der Waals surface area contributed by atoms with Crippen molar-refractivity contribution in [3.8, 4) is 0 Å². The number of carbonyl (C=O) groups excluding carboxylic acids is 1. The number of aromatic carboxylic acids is 1. The fraction of sp³-hybridized carbons (Fsp3) is 0.400. The Labute approximate surface area is 90.9 Å². The second-order valence-corrected chi connectivity index (χ2v) is 4.50. The number of thiophene rings is 1. The molecule has 5 heteroatoms. The average Bonchev–Trinajstić information content (AvgIpc) is 2.48. The van der Waals surface area contributed by atoms with Crippen LogP contribution in [0.1, 0.15) is 28.9 Å². The van der Waals surface area contributed by atoms with Crippen molar-refractivity contribution in [1.29, 1.82) is 0 Å². The molecule has 0 saturated heterocycles. The molecule has 0 atom stereocenters. The predicted molar refractivity (Wildman–Crippen MR) is 57.2 cm³/mol. The fourth-order valence-corrected chi connectivity index (χ4v) is 2.17. The number of nitrogens with one attached hydrogen (secondary N) is 1. The van der Waals surface area contributed by atoms with Crippen molar-refractivity contribution in [2.45, 2.75) is 19.3 Å². The van der Waals surface area contributed by atoms with Gasteiger partial charge in [-0.1, -0.05) is 6.42 Å². The summed E-state index contributed by atoms with van der Waals surface area (Å²) in [6.45, 7) is 0. The van der Waals surface area contributed by atoms with E-state index in [1.807, 2.05) is 0 Å². The lowest BCUT2D eigenvalue weighted by molar-refractivity contribution is -0.122. The molecule has 4 nitrogen and oxygen atoms in total. The molecular weight excluding hydrogens is 214 g/mol. The maximum Gasteiger partial charge on any atom is 0.348 e. The van der Waals surface area contributed by atoms with Gasteiger partial charge in [0.05, 0.1) is 5.69 Å². The summed E-state index contributed by atoms with van der Waals surface area (Å²) in [7, 11) is 0. The first kappa shape index (κ1) is 10.2. The molecule has 0 aromatic carbocycles. The predicted octanol–water partition coefficient (Wildman–Crippen LogP) is 2.18. The molecule has 2 N–H and O–H groups in total. The van der Waals surface area contributed by atoms with E-state index in [4.69, 9.17) is 5.11 Å². The molecule has 1 saturated carbocycles. The van der Waals surface area contributed by atoms with E-state index in [1.54, 1.807) is 11.4 Å². The molecule has 80 valence electrons. The summed E-state index contributed by atoms with van der Waals surface area (Å²) in [4.78, 5) is 22.5. The maximum atomic E-state index is 11.6. The van der Waals surface area contributed by atoms with Gasteiger partial charge in [0.1, 0.15) is 4.88 Å². The number of rotatable bonds is 3. The molecule has 15 heavy (non-hydrogen) atoms. The van der Waals surface area contributed by atoms with Gasteiger partial charge in [-0.05, 0) is 24.3 Å². The number of amides is 1. The highest BCUT2D eigenvalue weighted by Crippen LogP contribution is 2.29. The van der Waals surface area contributed by atoms with Crippen molar-refractivity contribution >= 4 is 28.9 Å². The molecule has 1 amide bonds. The zero-order valence-corrected chi connectivity index (χ0v) is 8.84. The van der Waals surface area contributed by atoms with Crippen LogP contribution in [0.25, 0.3) is 0 Å². The first-order valence-electron chi connectivity index (χ1n) is 4.80. The second kappa shape index (κ2) is 4.02. The standard InChI is InChI=1S/C10H11NO3S/c12-9(6-2-1-3-6)11-7-4-5-15-8(7)10(13)14/h4-6H,1-3H2,(H,11,12)(H,13,14). The number of carboxylic acids is 1. The SMILES string of the molecule is O=C(O)c1sccc1NC(=O)C1CCC1. The summed E-state index contributed by atoms with van der Waals surface area (Å²) < 4.78 is 0. The van der Waals surface area contributed by atoms with E-state index in [0.717, 1.165) is 30.6 Å². The molecule has 0 bridgehead atoms. The van der Waals surface area contributed by atoms with Crippen LogP contribution >= 0.6 is 11.3 Å². The lowest BCUT2D eigenvalue weighted by Gasteiger charge is -2.23. The second-order valence-electron chi connectivity index (χ2n) is 3.59. The molecule has 0 aliphatic heterocycles. The molecule has 1 aliphatic carbocycles. The van der Waals surface area contributed by atoms with Crippen LogP contribution in [0.4, 0.5) is 5.69 Å². The monoisotopic (exact) mass is 225 g/mol. The Balaban J connectivity index is 2.06. The zero-order valence-electron chi connectivity index (χ0n) is 8.03. The Morgan fingerprint density at radius 2 is 2.20 bits per heavy atom. The highest BCUT2D eigenvalue weighted by atomic mass is 32.1. The van der Waals surface area contributed by atoms with Crippen LogP contribution in [-0.2, 0) is 4.79 Å². The summed E-state index contributed by atoms with van der Waals surface area (Å²) in [6.07, 6.45) is 2.92. The fourth-order valence-electron chi connectivity index (χ4n) is 1.48. The molecule has 1 fully saturated rings. The Hall–Kier alpha value is -1.36. The van der Waals surface area contributed by atoms with Gasteiger partial charge in [-0.15, -0.1) is 11.3 Å². The Kier molecular flexibility index (Phi) is 2.73. The number of carbonyl (C=O) groups is 2. The van der Waals surface area contributed by atoms with Gasteiger partial charge < -0.3 is 10.4 Å². The molecule has 1 aromatic rings. The summed E-state index contributed by atoms with van der Waals surface area (Å²) in [5.74, 6) is -0.970. The van der Waals surface area contributed by atoms with Gasteiger partial charge in [0, 0.05) is 5.92 Å². The Morgan fingerprint density at radius 1 is 1.47 bits per heavy atom. The van der Waals surface area contributed by atoms with E-state index in [9.17, 15) is 9.59 Å². The first-order valence-corrected chi connectivity index (χ1v) is 5.68. The largest absolute Gasteiger partial charge is 0.477 e. The summed E-state index contributed by atoms with van der Waals surface area (Å²) in [5.41, 5.74) is 0.421. The van der Waals surface area contributed by atoms with Crippen molar-refractivity contribution in [3.05, 3.63) is 16.3 Å². The van der Waals surface area contributed by atoms with E-state index in [0.29, 0.717) is 5.69 Å². The van der Waals surface area contributed by atoms with Gasteiger partial charge in [-0.3, -0.25) is 4.79 Å². The highest BCUT2D eigenvalue weighted by molar-refractivity contribution is 7.12. The van der Waals surface area contributed by atoms with E-state index in [-0.39, 0.29) is 16.7 Å². The third-order valence-electron chi connectivity index (χ3n) is 2.59. The number of anilines is 1. The molecule has 1 heterocycles. The normalized spacial score (nSPS) is 15.7. The average molecular weight is 225 g/mol. The minimum Gasteiger partial charge on any atom is -0.477 e. The number of hydrogen-bond donors (Lipinski definition) is 2. The first-order chi connectivity index (χ1) is 7.18. The topological polar surface area (TPSA) is 66.4 Å². The van der Waals surface area contributed by atoms with E-state index >= 15 is 0 Å². The van der Waals surface area contributed by atoms with Crippen molar-refractivity contribution in [3.63, 3.8) is 0 Å². The third-order valence-corrected chi connectivity index (χ3v) is 3.50. The lowest BCUT2D eigenvalue weighted by atomic mass is 9.85. The van der Waals surface area contributed by atoms with E-state index < -0.39 is 5.97 Å². The molecule has 0 spiro atoms. The summed E-state index contributed by atoms with van der Waals surface area (Å²) in [5, 5.41) is 13.2. The molecule has 0 radical (unpaired) electrons. The third kappa shape index (κ3) is 2.02. The molecule has 1 aromatic heterocycles. The summed E-state index contributed by atoms with van der Waals surface area (Å²) in [6, 6.07) is 1.63. The van der Waals surface area contributed by atoms with Crippen LogP contribution in [0.2, 0.25) is 0 Å². The van der Waals surface area contributed by atoms with Crippen LogP contribution in [0.3, 0.4) is 0 Å². The van der Waals surface area contributed by atoms with Gasteiger partial charge in [0.2, 0.25) is 5.91 Å². The van der Waals surface area contributed by atoms with Gasteiger partial charge in [-0.2, -0.15) is 0 Å². The smallest absolute Gasteiger partial charge is 0.348 e. The van der Waals surface area contributed by atoms with Gasteiger partial charge in [0.25, 0.3) is 0 Å².